The summed E-state index contributed by atoms with van der Waals surface area (Å²) in [4.78, 5) is 11.0. The molecule has 14 heavy (non-hydrogen) atoms. The van der Waals surface area contributed by atoms with Crippen LogP contribution < -0.4 is 11.1 Å². The van der Waals surface area contributed by atoms with Crippen LogP contribution in [0, 0.1) is 0 Å². The maximum Gasteiger partial charge on any atom is 0.234 e. The fraction of sp³-hybridized carbons (Fsp3) is 0.300. The number of hydrogen-bond donors (Lipinski definition) is 2. The van der Waals surface area contributed by atoms with Crippen molar-refractivity contribution in [1.82, 2.24) is 5.32 Å². The Bertz CT molecular complexity index is 378. The molecule has 1 aliphatic rings. The SMILES string of the molecule is NC(=O)C1Cc2cc(Cl)ccc2CN1. The molecule has 0 saturated heterocycles. The molecular weight excluding hydrogens is 200 g/mol. The Labute approximate surface area is 87.2 Å². The molecule has 3 N–H and O–H groups in total. The Morgan fingerprint density at radius 3 is 3.00 bits per heavy atom. The van der Waals surface area contributed by atoms with Crippen LogP contribution in [0.5, 0.6) is 0 Å². The van der Waals surface area contributed by atoms with Crippen LogP contribution in [0.3, 0.4) is 0 Å². The number of hydrogen-bond acceptors (Lipinski definition) is 2. The molecule has 1 heterocycles. The van der Waals surface area contributed by atoms with Gasteiger partial charge in [0.15, 0.2) is 0 Å². The molecule has 1 unspecified atom stereocenters. The minimum atomic E-state index is -0.310. The van der Waals surface area contributed by atoms with Crippen molar-refractivity contribution in [2.24, 2.45) is 5.73 Å². The number of rotatable bonds is 1. The van der Waals surface area contributed by atoms with Gasteiger partial charge in [0, 0.05) is 11.6 Å². The quantitative estimate of drug-likeness (QED) is 0.722. The second-order valence-corrected chi connectivity index (χ2v) is 3.89. The van der Waals surface area contributed by atoms with Crippen molar-refractivity contribution in [2.75, 3.05) is 0 Å². The van der Waals surface area contributed by atoms with E-state index in [1.165, 1.54) is 5.56 Å². The molecule has 0 aliphatic carbocycles. The third kappa shape index (κ3) is 1.74. The summed E-state index contributed by atoms with van der Waals surface area (Å²) in [6, 6.07) is 5.46. The Kier molecular flexibility index (Phi) is 2.44. The van der Waals surface area contributed by atoms with E-state index in [0.717, 1.165) is 5.56 Å². The molecule has 74 valence electrons. The fourth-order valence-electron chi connectivity index (χ4n) is 1.68. The molecule has 2 rings (SSSR count). The van der Waals surface area contributed by atoms with E-state index in [1.54, 1.807) is 0 Å². The molecule has 0 bridgehead atoms. The number of halogens is 1. The van der Waals surface area contributed by atoms with Gasteiger partial charge >= 0.3 is 0 Å². The van der Waals surface area contributed by atoms with Gasteiger partial charge in [0.1, 0.15) is 0 Å². The second-order valence-electron chi connectivity index (χ2n) is 3.45. The van der Waals surface area contributed by atoms with E-state index in [1.807, 2.05) is 18.2 Å². The van der Waals surface area contributed by atoms with Crippen molar-refractivity contribution >= 4 is 17.5 Å². The second kappa shape index (κ2) is 3.59. The molecule has 0 radical (unpaired) electrons. The number of fused-ring (bicyclic) bond motifs is 1. The summed E-state index contributed by atoms with van der Waals surface area (Å²) in [6.07, 6.45) is 0.630. The van der Waals surface area contributed by atoms with Gasteiger partial charge in [0.25, 0.3) is 0 Å². The van der Waals surface area contributed by atoms with E-state index in [9.17, 15) is 4.79 Å². The summed E-state index contributed by atoms with van der Waals surface area (Å²) in [5.74, 6) is -0.310. The number of nitrogens with one attached hydrogen (secondary N) is 1. The van der Waals surface area contributed by atoms with Crippen molar-refractivity contribution in [3.63, 3.8) is 0 Å². The predicted molar refractivity (Wildman–Crippen MR) is 55.0 cm³/mol. The molecule has 0 spiro atoms. The summed E-state index contributed by atoms with van der Waals surface area (Å²) >= 11 is 5.87. The van der Waals surface area contributed by atoms with Crippen molar-refractivity contribution in [2.45, 2.75) is 19.0 Å². The highest BCUT2D eigenvalue weighted by molar-refractivity contribution is 6.30. The van der Waals surface area contributed by atoms with E-state index >= 15 is 0 Å². The van der Waals surface area contributed by atoms with Crippen LogP contribution in [-0.4, -0.2) is 11.9 Å². The van der Waals surface area contributed by atoms with E-state index in [4.69, 9.17) is 17.3 Å². The van der Waals surface area contributed by atoms with Crippen LogP contribution in [-0.2, 0) is 17.8 Å². The molecule has 0 saturated carbocycles. The Hall–Kier alpha value is -1.06. The first-order valence-corrected chi connectivity index (χ1v) is 4.84. The third-order valence-corrected chi connectivity index (χ3v) is 2.71. The van der Waals surface area contributed by atoms with E-state index < -0.39 is 0 Å². The molecule has 1 amide bonds. The summed E-state index contributed by atoms with van der Waals surface area (Å²) in [5.41, 5.74) is 7.53. The standard InChI is InChI=1S/C10H11ClN2O/c11-8-2-1-6-5-13-9(10(12)14)4-7(6)3-8/h1-3,9,13H,4-5H2,(H2,12,14). The predicted octanol–water partition coefficient (Wildman–Crippen LogP) is 0.840. The van der Waals surface area contributed by atoms with Crippen LogP contribution in [0.2, 0.25) is 5.02 Å². The Morgan fingerprint density at radius 1 is 1.50 bits per heavy atom. The molecule has 1 atom stereocenters. The normalized spacial score (nSPS) is 20.2. The topological polar surface area (TPSA) is 55.1 Å². The lowest BCUT2D eigenvalue weighted by Gasteiger charge is -2.23. The van der Waals surface area contributed by atoms with Gasteiger partial charge in [-0.15, -0.1) is 0 Å². The minimum absolute atomic E-state index is 0.263. The number of amides is 1. The molecule has 0 fully saturated rings. The first-order chi connectivity index (χ1) is 6.66. The van der Waals surface area contributed by atoms with Crippen molar-refractivity contribution in [3.05, 3.63) is 34.3 Å². The minimum Gasteiger partial charge on any atom is -0.368 e. The van der Waals surface area contributed by atoms with Crippen LogP contribution in [0.25, 0.3) is 0 Å². The Balaban J connectivity index is 2.29. The average molecular weight is 211 g/mol. The maximum absolute atomic E-state index is 11.0. The average Bonchev–Trinajstić information content (AvgIpc) is 2.16. The van der Waals surface area contributed by atoms with Crippen molar-refractivity contribution in [1.29, 1.82) is 0 Å². The number of benzene rings is 1. The molecular formula is C10H11ClN2O. The zero-order chi connectivity index (χ0) is 10.1. The van der Waals surface area contributed by atoms with Gasteiger partial charge in [0.2, 0.25) is 5.91 Å². The maximum atomic E-state index is 11.0. The fourth-order valence-corrected chi connectivity index (χ4v) is 1.88. The smallest absolute Gasteiger partial charge is 0.234 e. The third-order valence-electron chi connectivity index (χ3n) is 2.47. The highest BCUT2D eigenvalue weighted by atomic mass is 35.5. The van der Waals surface area contributed by atoms with E-state index in [0.29, 0.717) is 18.0 Å². The summed E-state index contributed by atoms with van der Waals surface area (Å²) in [5, 5.41) is 3.78. The van der Waals surface area contributed by atoms with Crippen LogP contribution in [0.1, 0.15) is 11.1 Å². The summed E-state index contributed by atoms with van der Waals surface area (Å²) in [6.45, 7) is 0.681. The number of carbonyl (C=O) groups is 1. The van der Waals surface area contributed by atoms with Crippen LogP contribution in [0.15, 0.2) is 18.2 Å². The molecule has 1 aliphatic heterocycles. The van der Waals surface area contributed by atoms with E-state index in [2.05, 4.69) is 5.32 Å². The van der Waals surface area contributed by atoms with Gasteiger partial charge < -0.3 is 11.1 Å². The van der Waals surface area contributed by atoms with Crippen molar-refractivity contribution < 1.29 is 4.79 Å². The lowest BCUT2D eigenvalue weighted by Crippen LogP contribution is -2.45. The molecule has 4 heteroatoms. The number of primary amides is 1. The number of carbonyl (C=O) groups excluding carboxylic acids is 1. The molecule has 1 aromatic carbocycles. The van der Waals surface area contributed by atoms with Gasteiger partial charge in [-0.2, -0.15) is 0 Å². The lowest BCUT2D eigenvalue weighted by molar-refractivity contribution is -0.120. The van der Waals surface area contributed by atoms with Crippen LogP contribution >= 0.6 is 11.6 Å². The van der Waals surface area contributed by atoms with Crippen molar-refractivity contribution in [3.8, 4) is 0 Å². The summed E-state index contributed by atoms with van der Waals surface area (Å²) < 4.78 is 0. The number of nitrogens with two attached hydrogens (primary N) is 1. The van der Waals surface area contributed by atoms with Gasteiger partial charge in [-0.1, -0.05) is 17.7 Å². The monoisotopic (exact) mass is 210 g/mol. The summed E-state index contributed by atoms with van der Waals surface area (Å²) in [7, 11) is 0. The zero-order valence-electron chi connectivity index (χ0n) is 7.59. The highest BCUT2D eigenvalue weighted by Gasteiger charge is 2.21. The van der Waals surface area contributed by atoms with Gasteiger partial charge in [-0.05, 0) is 29.7 Å². The molecule has 0 aromatic heterocycles. The first kappa shape index (κ1) is 9.49. The van der Waals surface area contributed by atoms with Gasteiger partial charge in [-0.25, -0.2) is 0 Å². The molecule has 1 aromatic rings. The molecule has 3 nitrogen and oxygen atoms in total. The van der Waals surface area contributed by atoms with Gasteiger partial charge in [0.05, 0.1) is 6.04 Å². The largest absolute Gasteiger partial charge is 0.368 e. The zero-order valence-corrected chi connectivity index (χ0v) is 8.34. The Morgan fingerprint density at radius 2 is 2.29 bits per heavy atom. The van der Waals surface area contributed by atoms with Gasteiger partial charge in [-0.3, -0.25) is 4.79 Å². The van der Waals surface area contributed by atoms with E-state index in [-0.39, 0.29) is 11.9 Å². The van der Waals surface area contributed by atoms with Crippen LogP contribution in [0.4, 0.5) is 0 Å². The lowest BCUT2D eigenvalue weighted by atomic mass is 9.96. The first-order valence-electron chi connectivity index (χ1n) is 4.47. The highest BCUT2D eigenvalue weighted by Crippen LogP contribution is 2.20.